The third-order valence-corrected chi connectivity index (χ3v) is 3.98. The molecule has 0 radical (unpaired) electrons. The predicted molar refractivity (Wildman–Crippen MR) is 81.3 cm³/mol. The fourth-order valence-corrected chi connectivity index (χ4v) is 2.81. The van der Waals surface area contributed by atoms with Crippen molar-refractivity contribution in [1.29, 1.82) is 0 Å². The summed E-state index contributed by atoms with van der Waals surface area (Å²) in [6.45, 7) is 7.56. The van der Waals surface area contributed by atoms with E-state index in [1.54, 1.807) is 13.0 Å². The van der Waals surface area contributed by atoms with E-state index in [9.17, 15) is 4.79 Å². The Bertz CT molecular complexity index is 621. The molecule has 0 fully saturated rings. The second-order valence-corrected chi connectivity index (χ2v) is 5.93. The van der Waals surface area contributed by atoms with Crippen molar-refractivity contribution in [2.75, 3.05) is 5.32 Å². The highest BCUT2D eigenvalue weighted by atomic mass is 32.2. The van der Waals surface area contributed by atoms with Gasteiger partial charge in [0.2, 0.25) is 5.91 Å². The number of thioether (sulfide) groups is 1. The van der Waals surface area contributed by atoms with Crippen molar-refractivity contribution >= 4 is 23.5 Å². The Labute approximate surface area is 127 Å². The predicted octanol–water partition coefficient (Wildman–Crippen LogP) is 2.90. The summed E-state index contributed by atoms with van der Waals surface area (Å²) in [5.74, 6) is 0.958. The van der Waals surface area contributed by atoms with E-state index >= 15 is 0 Å². The normalized spacial score (nSPS) is 12.2. The van der Waals surface area contributed by atoms with Crippen LogP contribution in [0.5, 0.6) is 0 Å². The molecule has 2 aromatic rings. The number of amides is 1. The van der Waals surface area contributed by atoms with Crippen molar-refractivity contribution in [2.45, 2.75) is 44.5 Å². The van der Waals surface area contributed by atoms with Crippen molar-refractivity contribution in [3.63, 3.8) is 0 Å². The molecule has 0 saturated carbocycles. The Balaban J connectivity index is 2.06. The van der Waals surface area contributed by atoms with Crippen LogP contribution in [0.25, 0.3) is 0 Å². The minimum Gasteiger partial charge on any atom is -0.360 e. The van der Waals surface area contributed by atoms with Gasteiger partial charge >= 0.3 is 0 Å². The van der Waals surface area contributed by atoms with Gasteiger partial charge in [-0.05, 0) is 33.3 Å². The third-order valence-electron chi connectivity index (χ3n) is 2.75. The van der Waals surface area contributed by atoms with Gasteiger partial charge in [-0.1, -0.05) is 23.8 Å². The fraction of sp³-hybridized carbons (Fsp3) is 0.429. The van der Waals surface area contributed by atoms with Gasteiger partial charge in [0, 0.05) is 17.5 Å². The number of rotatable bonds is 5. The highest BCUT2D eigenvalue weighted by Gasteiger charge is 2.20. The lowest BCUT2D eigenvalue weighted by Gasteiger charge is -2.12. The number of hydrogen-bond donors (Lipinski definition) is 1. The molecule has 6 nitrogen and oxygen atoms in total. The molecule has 0 aromatic carbocycles. The van der Waals surface area contributed by atoms with E-state index in [1.807, 2.05) is 26.8 Å². The van der Waals surface area contributed by atoms with Gasteiger partial charge < -0.3 is 9.84 Å². The maximum atomic E-state index is 12.3. The van der Waals surface area contributed by atoms with E-state index in [0.717, 1.165) is 11.4 Å². The Morgan fingerprint density at radius 3 is 2.48 bits per heavy atom. The van der Waals surface area contributed by atoms with Crippen LogP contribution in [0.4, 0.5) is 5.82 Å². The lowest BCUT2D eigenvalue weighted by Crippen LogP contribution is -2.25. The van der Waals surface area contributed by atoms with Gasteiger partial charge in [0.1, 0.15) is 5.76 Å². The number of aromatic nitrogens is 3. The summed E-state index contributed by atoms with van der Waals surface area (Å²) < 4.78 is 4.93. The fourth-order valence-electron chi connectivity index (χ4n) is 1.83. The summed E-state index contributed by atoms with van der Waals surface area (Å²) in [6, 6.07) is 3.59. The molecule has 1 N–H and O–H groups in total. The number of anilines is 1. The Morgan fingerprint density at radius 1 is 1.29 bits per heavy atom. The summed E-state index contributed by atoms with van der Waals surface area (Å²) in [4.78, 5) is 21.0. The zero-order valence-electron chi connectivity index (χ0n) is 12.5. The molecule has 0 unspecified atom stereocenters. The monoisotopic (exact) mass is 306 g/mol. The van der Waals surface area contributed by atoms with Crippen LogP contribution in [-0.2, 0) is 4.79 Å². The maximum Gasteiger partial charge on any atom is 0.239 e. The standard InChI is InChI=1S/C14H18N4O2S/c1-5-11(13(19)17-12-7-10(4)20-18-12)21-14-15-8(2)6-9(3)16-14/h6-7,11H,5H2,1-4H3,(H,17,18,19)/t11-/m0/s1. The molecule has 2 heterocycles. The second kappa shape index (κ2) is 6.71. The van der Waals surface area contributed by atoms with E-state index in [0.29, 0.717) is 23.2 Å². The summed E-state index contributed by atoms with van der Waals surface area (Å²) in [7, 11) is 0. The van der Waals surface area contributed by atoms with Crippen LogP contribution in [0.2, 0.25) is 0 Å². The van der Waals surface area contributed by atoms with Crippen LogP contribution >= 0.6 is 11.8 Å². The summed E-state index contributed by atoms with van der Waals surface area (Å²) in [5.41, 5.74) is 1.79. The Hall–Kier alpha value is -1.89. The summed E-state index contributed by atoms with van der Waals surface area (Å²) in [6.07, 6.45) is 0.670. The second-order valence-electron chi connectivity index (χ2n) is 4.76. The largest absolute Gasteiger partial charge is 0.360 e. The molecule has 21 heavy (non-hydrogen) atoms. The topological polar surface area (TPSA) is 80.9 Å². The molecular weight excluding hydrogens is 288 g/mol. The molecule has 0 spiro atoms. The molecule has 112 valence electrons. The maximum absolute atomic E-state index is 12.3. The van der Waals surface area contributed by atoms with Crippen LogP contribution in [-0.4, -0.2) is 26.3 Å². The first-order chi connectivity index (χ1) is 9.97. The molecule has 2 rings (SSSR count). The minimum absolute atomic E-state index is 0.126. The van der Waals surface area contributed by atoms with E-state index in [-0.39, 0.29) is 11.2 Å². The Kier molecular flexibility index (Phi) is 4.95. The summed E-state index contributed by atoms with van der Waals surface area (Å²) >= 11 is 1.36. The van der Waals surface area contributed by atoms with Gasteiger partial charge in [0.25, 0.3) is 0 Å². The quantitative estimate of drug-likeness (QED) is 0.675. The number of nitrogens with one attached hydrogen (secondary N) is 1. The van der Waals surface area contributed by atoms with Crippen molar-refractivity contribution < 1.29 is 9.32 Å². The van der Waals surface area contributed by atoms with E-state index in [2.05, 4.69) is 20.4 Å². The molecule has 1 amide bonds. The van der Waals surface area contributed by atoms with Gasteiger partial charge in [-0.3, -0.25) is 4.79 Å². The van der Waals surface area contributed by atoms with Crippen LogP contribution in [0, 0.1) is 20.8 Å². The first kappa shape index (κ1) is 15.5. The number of aryl methyl sites for hydroxylation is 3. The van der Waals surface area contributed by atoms with Gasteiger partial charge in [-0.25, -0.2) is 9.97 Å². The SMILES string of the molecule is CC[C@H](Sc1nc(C)cc(C)n1)C(=O)Nc1cc(C)on1. The lowest BCUT2D eigenvalue weighted by molar-refractivity contribution is -0.115. The van der Waals surface area contributed by atoms with Gasteiger partial charge in [-0.15, -0.1) is 0 Å². The number of carbonyl (C=O) groups is 1. The lowest BCUT2D eigenvalue weighted by atomic mass is 10.3. The van der Waals surface area contributed by atoms with Gasteiger partial charge in [0.05, 0.1) is 5.25 Å². The van der Waals surface area contributed by atoms with E-state index in [1.165, 1.54) is 11.8 Å². The van der Waals surface area contributed by atoms with Crippen LogP contribution in [0.3, 0.4) is 0 Å². The summed E-state index contributed by atoms with van der Waals surface area (Å²) in [5, 5.41) is 6.85. The number of nitrogens with zero attached hydrogens (tertiary/aromatic N) is 3. The van der Waals surface area contributed by atoms with Gasteiger partial charge in [-0.2, -0.15) is 0 Å². The third kappa shape index (κ3) is 4.29. The molecule has 0 aliphatic rings. The van der Waals surface area contributed by atoms with Crippen molar-refractivity contribution in [3.8, 4) is 0 Å². The molecule has 7 heteroatoms. The first-order valence-electron chi connectivity index (χ1n) is 6.71. The molecule has 0 aliphatic heterocycles. The first-order valence-corrected chi connectivity index (χ1v) is 7.59. The highest BCUT2D eigenvalue weighted by Crippen LogP contribution is 2.24. The highest BCUT2D eigenvalue weighted by molar-refractivity contribution is 8.00. The van der Waals surface area contributed by atoms with Crippen molar-refractivity contribution in [1.82, 2.24) is 15.1 Å². The number of hydrogen-bond acceptors (Lipinski definition) is 6. The zero-order valence-corrected chi connectivity index (χ0v) is 13.3. The molecule has 2 aromatic heterocycles. The van der Waals surface area contributed by atoms with Crippen molar-refractivity contribution in [2.24, 2.45) is 0 Å². The smallest absolute Gasteiger partial charge is 0.239 e. The average Bonchev–Trinajstić information content (AvgIpc) is 2.80. The Morgan fingerprint density at radius 2 is 1.95 bits per heavy atom. The van der Waals surface area contributed by atoms with E-state index in [4.69, 9.17) is 4.52 Å². The molecular formula is C14H18N4O2S. The van der Waals surface area contributed by atoms with Crippen LogP contribution in [0.1, 0.15) is 30.5 Å². The minimum atomic E-state index is -0.275. The van der Waals surface area contributed by atoms with Crippen LogP contribution in [0.15, 0.2) is 21.8 Å². The molecule has 0 saturated heterocycles. The molecule has 1 atom stereocenters. The van der Waals surface area contributed by atoms with Gasteiger partial charge in [0.15, 0.2) is 11.0 Å². The molecule has 0 aliphatic carbocycles. The number of carbonyl (C=O) groups excluding carboxylic acids is 1. The average molecular weight is 306 g/mol. The van der Waals surface area contributed by atoms with Crippen molar-refractivity contribution in [3.05, 3.63) is 29.3 Å². The van der Waals surface area contributed by atoms with Crippen LogP contribution < -0.4 is 5.32 Å². The molecule has 0 bridgehead atoms. The van der Waals surface area contributed by atoms with E-state index < -0.39 is 0 Å². The zero-order chi connectivity index (χ0) is 15.4.